The summed E-state index contributed by atoms with van der Waals surface area (Å²) in [4.78, 5) is 26.3. The molecule has 0 radical (unpaired) electrons. The minimum atomic E-state index is -0.304. The molecule has 3 rings (SSSR count). The summed E-state index contributed by atoms with van der Waals surface area (Å²) in [5.41, 5.74) is 8.37. The van der Waals surface area contributed by atoms with Crippen molar-refractivity contribution < 1.29 is 9.59 Å². The molecule has 1 saturated heterocycles. The number of hydrogen-bond donors (Lipinski definition) is 2. The van der Waals surface area contributed by atoms with Crippen LogP contribution in [0.15, 0.2) is 18.2 Å². The molecule has 0 aliphatic carbocycles. The van der Waals surface area contributed by atoms with Crippen molar-refractivity contribution in [3.05, 3.63) is 29.3 Å². The van der Waals surface area contributed by atoms with E-state index in [1.165, 1.54) is 0 Å². The summed E-state index contributed by atoms with van der Waals surface area (Å²) in [7, 11) is 0. The molecule has 1 aromatic rings. The van der Waals surface area contributed by atoms with Crippen LogP contribution in [0, 0.1) is 5.92 Å². The number of benzene rings is 1. The van der Waals surface area contributed by atoms with Crippen molar-refractivity contribution in [2.24, 2.45) is 11.7 Å². The Balaban J connectivity index is 0.00000192. The fraction of sp³-hybridized carbons (Fsp3) is 0.529. The molecule has 1 aromatic carbocycles. The van der Waals surface area contributed by atoms with Gasteiger partial charge in [-0.15, -0.1) is 12.4 Å². The van der Waals surface area contributed by atoms with Gasteiger partial charge in [0.2, 0.25) is 5.91 Å². The second kappa shape index (κ2) is 7.21. The summed E-state index contributed by atoms with van der Waals surface area (Å²) in [5, 5.41) is 3.35. The number of nitrogens with one attached hydrogen (secondary N) is 1. The number of amides is 2. The van der Waals surface area contributed by atoms with Crippen LogP contribution in [0.25, 0.3) is 0 Å². The Labute approximate surface area is 143 Å². The molecule has 23 heavy (non-hydrogen) atoms. The van der Waals surface area contributed by atoms with E-state index in [0.717, 1.165) is 49.0 Å². The maximum Gasteiger partial charge on any atom is 0.254 e. The molecule has 2 aliphatic rings. The van der Waals surface area contributed by atoms with E-state index < -0.39 is 0 Å². The van der Waals surface area contributed by atoms with Crippen molar-refractivity contribution in [3.63, 3.8) is 0 Å². The Kier molecular flexibility index (Phi) is 5.52. The van der Waals surface area contributed by atoms with Gasteiger partial charge in [0.25, 0.3) is 5.91 Å². The summed E-state index contributed by atoms with van der Waals surface area (Å²) in [6.07, 6.45) is 3.56. The number of fused-ring (bicyclic) bond motifs is 1. The van der Waals surface area contributed by atoms with Crippen LogP contribution in [0.4, 0.5) is 5.69 Å². The number of nitrogens with two attached hydrogens (primary N) is 1. The van der Waals surface area contributed by atoms with Gasteiger partial charge in [0.05, 0.1) is 5.92 Å². The first kappa shape index (κ1) is 17.6. The molecular weight excluding hydrogens is 314 g/mol. The van der Waals surface area contributed by atoms with E-state index in [2.05, 4.69) is 5.32 Å². The molecule has 0 aromatic heterocycles. The highest BCUT2D eigenvalue weighted by Crippen LogP contribution is 2.29. The number of likely N-dealkylation sites (tertiary alicyclic amines) is 1. The number of anilines is 1. The lowest BCUT2D eigenvalue weighted by Gasteiger charge is -2.37. The molecule has 0 saturated carbocycles. The van der Waals surface area contributed by atoms with E-state index in [0.29, 0.717) is 6.54 Å². The van der Waals surface area contributed by atoms with Gasteiger partial charge < -0.3 is 16.0 Å². The fourth-order valence-electron chi connectivity index (χ4n) is 3.49. The van der Waals surface area contributed by atoms with E-state index in [-0.39, 0.29) is 36.2 Å². The SMILES string of the molecule is CC1CCC(C(N)=O)CN1C(=O)c1cccc2c1CCCN2.Cl. The maximum absolute atomic E-state index is 13.0. The molecule has 1 fully saturated rings. The van der Waals surface area contributed by atoms with Crippen LogP contribution in [0.5, 0.6) is 0 Å². The van der Waals surface area contributed by atoms with Gasteiger partial charge in [0, 0.05) is 30.4 Å². The molecule has 5 nitrogen and oxygen atoms in total. The highest BCUT2D eigenvalue weighted by molar-refractivity contribution is 5.98. The van der Waals surface area contributed by atoms with Gasteiger partial charge in [-0.05, 0) is 50.3 Å². The molecule has 2 heterocycles. The standard InChI is InChI=1S/C17H23N3O2.ClH/c1-11-7-8-12(16(18)21)10-20(11)17(22)14-4-2-6-15-13(14)5-3-9-19-15;/h2,4,6,11-12,19H,3,5,7-10H2,1H3,(H2,18,21);1H. The Hall–Kier alpha value is -1.75. The van der Waals surface area contributed by atoms with E-state index in [1.807, 2.05) is 30.0 Å². The molecule has 2 aliphatic heterocycles. The van der Waals surface area contributed by atoms with Gasteiger partial charge in [-0.25, -0.2) is 0 Å². The number of rotatable bonds is 2. The second-order valence-electron chi connectivity index (χ2n) is 6.35. The van der Waals surface area contributed by atoms with E-state index in [4.69, 9.17) is 5.73 Å². The van der Waals surface area contributed by atoms with Gasteiger partial charge in [-0.1, -0.05) is 6.07 Å². The normalized spacial score (nSPS) is 23.3. The van der Waals surface area contributed by atoms with Crippen molar-refractivity contribution in [1.29, 1.82) is 0 Å². The first-order chi connectivity index (χ1) is 10.6. The van der Waals surface area contributed by atoms with Crippen molar-refractivity contribution in [3.8, 4) is 0 Å². The number of piperidine rings is 1. The maximum atomic E-state index is 13.0. The number of carbonyl (C=O) groups is 2. The first-order valence-electron chi connectivity index (χ1n) is 8.04. The average Bonchev–Trinajstić information content (AvgIpc) is 2.54. The number of hydrogen-bond acceptors (Lipinski definition) is 3. The number of nitrogens with zero attached hydrogens (tertiary/aromatic N) is 1. The van der Waals surface area contributed by atoms with E-state index in [9.17, 15) is 9.59 Å². The molecule has 2 unspecified atom stereocenters. The highest BCUT2D eigenvalue weighted by atomic mass is 35.5. The lowest BCUT2D eigenvalue weighted by atomic mass is 9.91. The molecule has 2 amide bonds. The molecule has 6 heteroatoms. The Bertz CT molecular complexity index is 606. The first-order valence-corrected chi connectivity index (χ1v) is 8.04. The van der Waals surface area contributed by atoms with E-state index >= 15 is 0 Å². The average molecular weight is 338 g/mol. The number of carbonyl (C=O) groups excluding carboxylic acids is 2. The van der Waals surface area contributed by atoms with Gasteiger partial charge in [0.1, 0.15) is 0 Å². The fourth-order valence-corrected chi connectivity index (χ4v) is 3.49. The summed E-state index contributed by atoms with van der Waals surface area (Å²) in [6.45, 7) is 3.43. The molecular formula is C17H24ClN3O2. The zero-order chi connectivity index (χ0) is 15.7. The smallest absolute Gasteiger partial charge is 0.254 e. The second-order valence-corrected chi connectivity index (χ2v) is 6.35. The van der Waals surface area contributed by atoms with Crippen molar-refractivity contribution >= 4 is 29.9 Å². The van der Waals surface area contributed by atoms with Crippen molar-refractivity contribution in [2.75, 3.05) is 18.4 Å². The van der Waals surface area contributed by atoms with Crippen LogP contribution in [0.2, 0.25) is 0 Å². The van der Waals surface area contributed by atoms with Crippen LogP contribution in [0.1, 0.15) is 42.1 Å². The predicted octanol–water partition coefficient (Wildman–Crippen LogP) is 2.19. The third-order valence-electron chi connectivity index (χ3n) is 4.87. The summed E-state index contributed by atoms with van der Waals surface area (Å²) in [6, 6.07) is 5.99. The number of halogens is 1. The lowest BCUT2D eigenvalue weighted by molar-refractivity contribution is -0.123. The largest absolute Gasteiger partial charge is 0.385 e. The molecule has 3 N–H and O–H groups in total. The number of primary amides is 1. The monoisotopic (exact) mass is 337 g/mol. The van der Waals surface area contributed by atoms with Gasteiger partial charge >= 0.3 is 0 Å². The minimum absolute atomic E-state index is 0. The van der Waals surface area contributed by atoms with Crippen molar-refractivity contribution in [2.45, 2.75) is 38.6 Å². The van der Waals surface area contributed by atoms with Crippen LogP contribution in [-0.4, -0.2) is 35.8 Å². The lowest BCUT2D eigenvalue weighted by Crippen LogP contribution is -2.48. The van der Waals surface area contributed by atoms with Gasteiger partial charge in [-0.3, -0.25) is 9.59 Å². The zero-order valence-electron chi connectivity index (χ0n) is 13.4. The highest BCUT2D eigenvalue weighted by Gasteiger charge is 2.33. The van der Waals surface area contributed by atoms with Crippen LogP contribution >= 0.6 is 12.4 Å². The van der Waals surface area contributed by atoms with Gasteiger partial charge in [0.15, 0.2) is 0 Å². The zero-order valence-corrected chi connectivity index (χ0v) is 14.2. The molecule has 126 valence electrons. The summed E-state index contributed by atoms with van der Waals surface area (Å²) >= 11 is 0. The van der Waals surface area contributed by atoms with E-state index in [1.54, 1.807) is 0 Å². The molecule has 0 spiro atoms. The molecule has 0 bridgehead atoms. The summed E-state index contributed by atoms with van der Waals surface area (Å²) in [5.74, 6) is -0.502. The van der Waals surface area contributed by atoms with Crippen LogP contribution in [-0.2, 0) is 11.2 Å². The predicted molar refractivity (Wildman–Crippen MR) is 92.9 cm³/mol. The Morgan fingerprint density at radius 3 is 2.83 bits per heavy atom. The topological polar surface area (TPSA) is 75.4 Å². The minimum Gasteiger partial charge on any atom is -0.385 e. The summed E-state index contributed by atoms with van der Waals surface area (Å²) < 4.78 is 0. The Morgan fingerprint density at radius 1 is 1.30 bits per heavy atom. The molecule has 2 atom stereocenters. The quantitative estimate of drug-likeness (QED) is 0.868. The third kappa shape index (κ3) is 3.44. The van der Waals surface area contributed by atoms with Gasteiger partial charge in [-0.2, -0.15) is 0 Å². The van der Waals surface area contributed by atoms with Crippen molar-refractivity contribution in [1.82, 2.24) is 4.90 Å². The third-order valence-corrected chi connectivity index (χ3v) is 4.87. The van der Waals surface area contributed by atoms with Crippen LogP contribution < -0.4 is 11.1 Å². The Morgan fingerprint density at radius 2 is 2.09 bits per heavy atom. The van der Waals surface area contributed by atoms with Crippen LogP contribution in [0.3, 0.4) is 0 Å².